The first-order valence-corrected chi connectivity index (χ1v) is 8.10. The third-order valence-corrected chi connectivity index (χ3v) is 4.43. The van der Waals surface area contributed by atoms with Crippen LogP contribution in [0.4, 0.5) is 0 Å². The second-order valence-corrected chi connectivity index (χ2v) is 6.09. The molecule has 22 heavy (non-hydrogen) atoms. The number of esters is 1. The maximum Gasteiger partial charge on any atom is 0.331 e. The van der Waals surface area contributed by atoms with Crippen molar-refractivity contribution in [2.24, 2.45) is 0 Å². The third kappa shape index (κ3) is 4.35. The topological polar surface area (TPSA) is 44.8 Å². The largest absolute Gasteiger partial charge is 0.493 e. The van der Waals surface area contributed by atoms with Crippen molar-refractivity contribution in [3.05, 3.63) is 50.6 Å². The fraction of sp³-hybridized carbons (Fsp3) is 0.188. The highest BCUT2D eigenvalue weighted by Gasteiger charge is 2.10. The molecule has 6 heteroatoms. The lowest BCUT2D eigenvalue weighted by atomic mass is 10.2. The van der Waals surface area contributed by atoms with Crippen LogP contribution in [0.2, 0.25) is 0 Å². The summed E-state index contributed by atoms with van der Waals surface area (Å²) in [6, 6.07) is 7.42. The quantitative estimate of drug-likeness (QED) is 0.552. The molecule has 0 saturated heterocycles. The Balaban J connectivity index is 2.00. The molecule has 1 heterocycles. The number of carbonyl (C=O) groups excluding carboxylic acids is 1. The van der Waals surface area contributed by atoms with E-state index < -0.39 is 5.97 Å². The minimum absolute atomic E-state index is 0.147. The van der Waals surface area contributed by atoms with Crippen molar-refractivity contribution in [2.75, 3.05) is 14.2 Å². The van der Waals surface area contributed by atoms with Gasteiger partial charge in [-0.2, -0.15) is 0 Å². The van der Waals surface area contributed by atoms with E-state index in [0.717, 1.165) is 14.9 Å². The number of thiophene rings is 1. The van der Waals surface area contributed by atoms with Crippen molar-refractivity contribution in [3.8, 4) is 11.5 Å². The van der Waals surface area contributed by atoms with E-state index in [9.17, 15) is 4.79 Å². The molecular weight excluding hydrogens is 368 g/mol. The highest BCUT2D eigenvalue weighted by atomic mass is 79.9. The first-order valence-electron chi connectivity index (χ1n) is 6.42. The van der Waals surface area contributed by atoms with Gasteiger partial charge in [0, 0.05) is 21.0 Å². The van der Waals surface area contributed by atoms with E-state index in [0.29, 0.717) is 11.5 Å². The number of hydrogen-bond donors (Lipinski definition) is 0. The Morgan fingerprint density at radius 1 is 1.27 bits per heavy atom. The Morgan fingerprint density at radius 2 is 2.00 bits per heavy atom. The lowest BCUT2D eigenvalue weighted by molar-refractivity contribution is -0.138. The van der Waals surface area contributed by atoms with Crippen LogP contribution in [-0.4, -0.2) is 20.2 Å². The lowest BCUT2D eigenvalue weighted by Crippen LogP contribution is -2.02. The maximum atomic E-state index is 11.7. The molecule has 0 bridgehead atoms. The van der Waals surface area contributed by atoms with E-state index in [1.165, 1.54) is 6.08 Å². The van der Waals surface area contributed by atoms with E-state index in [1.807, 2.05) is 17.5 Å². The fourth-order valence-corrected chi connectivity index (χ4v) is 2.79. The summed E-state index contributed by atoms with van der Waals surface area (Å²) in [5, 5.41) is 1.95. The Bertz CT molecular complexity index is 665. The standard InChI is InChI=1S/C16H15BrO4S/c1-19-14-8-11(13(17)9-15(14)20-2)10-21-16(18)6-5-12-4-3-7-22-12/h3-9H,10H2,1-2H3/b6-5+. The van der Waals surface area contributed by atoms with Crippen LogP contribution in [0.15, 0.2) is 40.2 Å². The molecular formula is C16H15BrO4S. The van der Waals surface area contributed by atoms with Crippen molar-refractivity contribution >= 4 is 39.3 Å². The van der Waals surface area contributed by atoms with E-state index >= 15 is 0 Å². The molecule has 2 rings (SSSR count). The lowest BCUT2D eigenvalue weighted by Gasteiger charge is -2.11. The van der Waals surface area contributed by atoms with E-state index in [2.05, 4.69) is 15.9 Å². The summed E-state index contributed by atoms with van der Waals surface area (Å²) >= 11 is 4.99. The summed E-state index contributed by atoms with van der Waals surface area (Å²) in [4.78, 5) is 12.7. The van der Waals surface area contributed by atoms with Crippen LogP contribution in [0.3, 0.4) is 0 Å². The van der Waals surface area contributed by atoms with E-state index in [-0.39, 0.29) is 6.61 Å². The van der Waals surface area contributed by atoms with Crippen LogP contribution in [-0.2, 0) is 16.1 Å². The van der Waals surface area contributed by atoms with Crippen LogP contribution in [0.1, 0.15) is 10.4 Å². The highest BCUT2D eigenvalue weighted by molar-refractivity contribution is 9.10. The van der Waals surface area contributed by atoms with Crippen molar-refractivity contribution < 1.29 is 19.0 Å². The molecule has 0 aliphatic heterocycles. The molecule has 0 N–H and O–H groups in total. The predicted molar refractivity (Wildman–Crippen MR) is 90.4 cm³/mol. The van der Waals surface area contributed by atoms with Crippen LogP contribution in [0.5, 0.6) is 11.5 Å². The summed E-state index contributed by atoms with van der Waals surface area (Å²) in [5.41, 5.74) is 0.801. The van der Waals surface area contributed by atoms with Gasteiger partial charge < -0.3 is 14.2 Å². The number of methoxy groups -OCH3 is 2. The first kappa shape index (κ1) is 16.6. The second-order valence-electron chi connectivity index (χ2n) is 4.26. The van der Waals surface area contributed by atoms with Crippen LogP contribution in [0, 0.1) is 0 Å². The fourth-order valence-electron chi connectivity index (χ4n) is 1.74. The summed E-state index contributed by atoms with van der Waals surface area (Å²) in [5.74, 6) is 0.808. The molecule has 0 aliphatic carbocycles. The van der Waals surface area contributed by atoms with Crippen LogP contribution < -0.4 is 9.47 Å². The van der Waals surface area contributed by atoms with Gasteiger partial charge in [-0.05, 0) is 29.7 Å². The Labute approximate surface area is 141 Å². The third-order valence-electron chi connectivity index (χ3n) is 2.85. The predicted octanol–water partition coefficient (Wildman–Crippen LogP) is 4.28. The van der Waals surface area contributed by atoms with Gasteiger partial charge in [-0.3, -0.25) is 0 Å². The number of ether oxygens (including phenoxy) is 3. The van der Waals surface area contributed by atoms with Gasteiger partial charge in [-0.25, -0.2) is 4.79 Å². The molecule has 116 valence electrons. The van der Waals surface area contributed by atoms with Crippen molar-refractivity contribution in [1.82, 2.24) is 0 Å². The van der Waals surface area contributed by atoms with Crippen molar-refractivity contribution in [3.63, 3.8) is 0 Å². The molecule has 1 aromatic carbocycles. The minimum atomic E-state index is -0.393. The monoisotopic (exact) mass is 382 g/mol. The Kier molecular flexibility index (Phi) is 6.03. The second kappa shape index (κ2) is 8.00. The smallest absolute Gasteiger partial charge is 0.331 e. The zero-order valence-electron chi connectivity index (χ0n) is 12.2. The van der Waals surface area contributed by atoms with Gasteiger partial charge >= 0.3 is 5.97 Å². The summed E-state index contributed by atoms with van der Waals surface area (Å²) in [6.07, 6.45) is 3.15. The van der Waals surface area contributed by atoms with Gasteiger partial charge in [-0.1, -0.05) is 22.0 Å². The number of hydrogen-bond acceptors (Lipinski definition) is 5. The number of carbonyl (C=O) groups is 1. The van der Waals surface area contributed by atoms with E-state index in [4.69, 9.17) is 14.2 Å². The summed E-state index contributed by atoms with van der Waals surface area (Å²) in [6.45, 7) is 0.147. The number of benzene rings is 1. The summed E-state index contributed by atoms with van der Waals surface area (Å²) in [7, 11) is 3.13. The zero-order chi connectivity index (χ0) is 15.9. The molecule has 0 aliphatic rings. The minimum Gasteiger partial charge on any atom is -0.493 e. The molecule has 0 fully saturated rings. The number of halogens is 1. The normalized spacial score (nSPS) is 10.7. The van der Waals surface area contributed by atoms with Crippen LogP contribution in [0.25, 0.3) is 6.08 Å². The molecule has 0 atom stereocenters. The van der Waals surface area contributed by atoms with E-state index in [1.54, 1.807) is 43.8 Å². The molecule has 0 radical (unpaired) electrons. The average molecular weight is 383 g/mol. The molecule has 1 aromatic heterocycles. The van der Waals surface area contributed by atoms with Crippen LogP contribution >= 0.6 is 27.3 Å². The molecule has 0 saturated carbocycles. The zero-order valence-corrected chi connectivity index (χ0v) is 14.6. The van der Waals surface area contributed by atoms with Gasteiger partial charge in [0.25, 0.3) is 0 Å². The average Bonchev–Trinajstić information content (AvgIpc) is 3.04. The van der Waals surface area contributed by atoms with Gasteiger partial charge in [0.1, 0.15) is 6.61 Å². The van der Waals surface area contributed by atoms with Gasteiger partial charge in [0.2, 0.25) is 0 Å². The first-order chi connectivity index (χ1) is 10.6. The maximum absolute atomic E-state index is 11.7. The van der Waals surface area contributed by atoms with Gasteiger partial charge in [0.05, 0.1) is 14.2 Å². The highest BCUT2D eigenvalue weighted by Crippen LogP contribution is 2.33. The summed E-state index contributed by atoms with van der Waals surface area (Å²) < 4.78 is 16.5. The molecule has 0 amide bonds. The SMILES string of the molecule is COc1cc(Br)c(COC(=O)/C=C/c2cccs2)cc1OC. The van der Waals surface area contributed by atoms with Gasteiger partial charge in [0.15, 0.2) is 11.5 Å². The molecule has 0 unspecified atom stereocenters. The molecule has 4 nitrogen and oxygen atoms in total. The molecule has 2 aromatic rings. The number of rotatable bonds is 6. The van der Waals surface area contributed by atoms with Crippen molar-refractivity contribution in [2.45, 2.75) is 6.61 Å². The Hall–Kier alpha value is -1.79. The Morgan fingerprint density at radius 3 is 2.64 bits per heavy atom. The molecule has 0 spiro atoms. The van der Waals surface area contributed by atoms with Gasteiger partial charge in [-0.15, -0.1) is 11.3 Å². The van der Waals surface area contributed by atoms with Crippen molar-refractivity contribution in [1.29, 1.82) is 0 Å².